The minimum absolute atomic E-state index is 0.00604. The molecule has 1 heterocycles. The maximum atomic E-state index is 13.7. The summed E-state index contributed by atoms with van der Waals surface area (Å²) in [4.78, 5) is 19.4. The van der Waals surface area contributed by atoms with E-state index in [0.29, 0.717) is 35.4 Å². The highest BCUT2D eigenvalue weighted by Gasteiger charge is 2.45. The molecule has 1 fully saturated rings. The third kappa shape index (κ3) is 6.97. The third-order valence-electron chi connectivity index (χ3n) is 6.06. The fourth-order valence-electron chi connectivity index (χ4n) is 3.86. The van der Waals surface area contributed by atoms with Gasteiger partial charge in [-0.3, -0.25) is 9.78 Å². The number of nitrogens with zero attached hydrogens (tertiary/aromatic N) is 2. The normalized spacial score (nSPS) is 17.4. The maximum Gasteiger partial charge on any atom is 0.417 e. The SMILES string of the molecule is CC(C)(O)CCOc1ccc(-c2cc(COc3cnc(C4C[C@H]4C(=O)O)cn3)ccc2C(F)(F)F)cc1. The van der Waals surface area contributed by atoms with E-state index in [2.05, 4.69) is 9.97 Å². The Kier molecular flexibility index (Phi) is 7.40. The topological polar surface area (TPSA) is 102 Å². The second kappa shape index (κ2) is 10.4. The Morgan fingerprint density at radius 1 is 1.05 bits per heavy atom. The van der Waals surface area contributed by atoms with E-state index >= 15 is 0 Å². The van der Waals surface area contributed by atoms with Gasteiger partial charge in [0.2, 0.25) is 5.88 Å². The Morgan fingerprint density at radius 2 is 1.78 bits per heavy atom. The molecule has 1 aliphatic carbocycles. The first-order valence-corrected chi connectivity index (χ1v) is 11.7. The van der Waals surface area contributed by atoms with E-state index < -0.39 is 29.2 Å². The van der Waals surface area contributed by atoms with Crippen LogP contribution in [0.1, 0.15) is 49.4 Å². The van der Waals surface area contributed by atoms with E-state index in [1.54, 1.807) is 38.1 Å². The molecule has 1 aliphatic rings. The van der Waals surface area contributed by atoms with Gasteiger partial charge in [-0.2, -0.15) is 13.2 Å². The van der Waals surface area contributed by atoms with Crippen LogP contribution in [0.2, 0.25) is 0 Å². The molecular weight excluding hydrogens is 489 g/mol. The van der Waals surface area contributed by atoms with Crippen molar-refractivity contribution in [2.24, 2.45) is 5.92 Å². The number of aromatic nitrogens is 2. The van der Waals surface area contributed by atoms with Gasteiger partial charge >= 0.3 is 12.1 Å². The Bertz CT molecular complexity index is 1240. The van der Waals surface area contributed by atoms with Gasteiger partial charge in [-0.05, 0) is 61.2 Å². The number of hydrogen-bond donors (Lipinski definition) is 2. The summed E-state index contributed by atoms with van der Waals surface area (Å²) < 4.78 is 52.4. The van der Waals surface area contributed by atoms with Gasteiger partial charge in [0.25, 0.3) is 0 Å². The van der Waals surface area contributed by atoms with Crippen molar-refractivity contribution in [1.29, 1.82) is 0 Å². The molecule has 2 aromatic carbocycles. The van der Waals surface area contributed by atoms with Gasteiger partial charge in [0.15, 0.2) is 0 Å². The van der Waals surface area contributed by atoms with E-state index in [4.69, 9.17) is 14.6 Å². The maximum absolute atomic E-state index is 13.7. The number of aliphatic hydroxyl groups is 1. The summed E-state index contributed by atoms with van der Waals surface area (Å²) in [5.41, 5.74) is -0.194. The minimum Gasteiger partial charge on any atom is -0.493 e. The summed E-state index contributed by atoms with van der Waals surface area (Å²) in [6.45, 7) is 3.58. The number of rotatable bonds is 10. The predicted molar refractivity (Wildman–Crippen MR) is 128 cm³/mol. The zero-order valence-corrected chi connectivity index (χ0v) is 20.3. The molecule has 196 valence electrons. The van der Waals surface area contributed by atoms with Gasteiger partial charge in [-0.25, -0.2) is 4.98 Å². The number of carboxylic acids is 1. The molecule has 0 radical (unpaired) electrons. The van der Waals surface area contributed by atoms with Crippen LogP contribution in [0.3, 0.4) is 0 Å². The number of halogens is 3. The highest BCUT2D eigenvalue weighted by Crippen LogP contribution is 2.46. The van der Waals surface area contributed by atoms with Crippen LogP contribution in [0.25, 0.3) is 11.1 Å². The monoisotopic (exact) mass is 516 g/mol. The molecule has 1 unspecified atom stereocenters. The van der Waals surface area contributed by atoms with Crippen molar-refractivity contribution in [2.45, 2.75) is 51.0 Å². The molecule has 3 aromatic rings. The van der Waals surface area contributed by atoms with Crippen LogP contribution in [0, 0.1) is 5.92 Å². The van der Waals surface area contributed by atoms with Crippen molar-refractivity contribution in [2.75, 3.05) is 6.61 Å². The van der Waals surface area contributed by atoms with Gasteiger partial charge in [0.1, 0.15) is 12.4 Å². The lowest BCUT2D eigenvalue weighted by molar-refractivity contribution is -0.139. The molecule has 10 heteroatoms. The fourth-order valence-corrected chi connectivity index (χ4v) is 3.86. The Hall–Kier alpha value is -3.66. The molecule has 0 spiro atoms. The van der Waals surface area contributed by atoms with Crippen molar-refractivity contribution in [3.05, 3.63) is 71.7 Å². The molecule has 1 aromatic heterocycles. The van der Waals surface area contributed by atoms with Crippen LogP contribution in [0.4, 0.5) is 13.2 Å². The highest BCUT2D eigenvalue weighted by molar-refractivity contribution is 5.75. The lowest BCUT2D eigenvalue weighted by atomic mass is 9.97. The molecule has 1 saturated carbocycles. The lowest BCUT2D eigenvalue weighted by Crippen LogP contribution is -2.21. The first-order valence-electron chi connectivity index (χ1n) is 11.7. The van der Waals surface area contributed by atoms with E-state index in [0.717, 1.165) is 6.07 Å². The molecule has 0 aliphatic heterocycles. The predicted octanol–water partition coefficient (Wildman–Crippen LogP) is 5.47. The van der Waals surface area contributed by atoms with E-state index in [1.807, 2.05) is 0 Å². The van der Waals surface area contributed by atoms with Crippen LogP contribution in [-0.4, -0.2) is 38.4 Å². The van der Waals surface area contributed by atoms with Crippen LogP contribution in [0.5, 0.6) is 11.6 Å². The second-order valence-corrected chi connectivity index (χ2v) is 9.67. The van der Waals surface area contributed by atoms with Crippen molar-refractivity contribution in [3.8, 4) is 22.8 Å². The first-order chi connectivity index (χ1) is 17.4. The molecule has 37 heavy (non-hydrogen) atoms. The van der Waals surface area contributed by atoms with Crippen molar-refractivity contribution >= 4 is 5.97 Å². The second-order valence-electron chi connectivity index (χ2n) is 9.67. The van der Waals surface area contributed by atoms with Gasteiger partial charge < -0.3 is 19.7 Å². The van der Waals surface area contributed by atoms with Crippen LogP contribution < -0.4 is 9.47 Å². The van der Waals surface area contributed by atoms with Crippen LogP contribution >= 0.6 is 0 Å². The molecule has 2 N–H and O–H groups in total. The molecule has 4 rings (SSSR count). The van der Waals surface area contributed by atoms with Crippen molar-refractivity contribution < 1.29 is 37.7 Å². The van der Waals surface area contributed by atoms with Crippen molar-refractivity contribution in [3.63, 3.8) is 0 Å². The first kappa shape index (κ1) is 26.4. The number of alkyl halides is 3. The smallest absolute Gasteiger partial charge is 0.417 e. The third-order valence-corrected chi connectivity index (χ3v) is 6.06. The minimum atomic E-state index is -4.55. The summed E-state index contributed by atoms with van der Waals surface area (Å²) in [5.74, 6) is -0.790. The summed E-state index contributed by atoms with van der Waals surface area (Å²) in [6, 6.07) is 10.1. The lowest BCUT2D eigenvalue weighted by Gasteiger charge is -2.17. The zero-order chi connectivity index (χ0) is 26.8. The molecule has 2 atom stereocenters. The molecule has 0 saturated heterocycles. The van der Waals surface area contributed by atoms with Gasteiger partial charge in [-0.1, -0.05) is 18.2 Å². The van der Waals surface area contributed by atoms with Crippen LogP contribution in [0.15, 0.2) is 54.9 Å². The molecule has 0 bridgehead atoms. The van der Waals surface area contributed by atoms with E-state index in [9.17, 15) is 23.1 Å². The number of hydrogen-bond acceptors (Lipinski definition) is 6. The zero-order valence-electron chi connectivity index (χ0n) is 20.3. The summed E-state index contributed by atoms with van der Waals surface area (Å²) in [7, 11) is 0. The Morgan fingerprint density at radius 3 is 2.35 bits per heavy atom. The summed E-state index contributed by atoms with van der Waals surface area (Å²) in [6.07, 6.45) is -0.771. The Labute approximate surface area is 211 Å². The number of aliphatic carboxylic acids is 1. The van der Waals surface area contributed by atoms with Crippen LogP contribution in [-0.2, 0) is 17.6 Å². The van der Waals surface area contributed by atoms with Gasteiger partial charge in [0.05, 0.1) is 41.8 Å². The molecule has 7 nitrogen and oxygen atoms in total. The van der Waals surface area contributed by atoms with Gasteiger partial charge in [0, 0.05) is 12.3 Å². The van der Waals surface area contributed by atoms with Crippen molar-refractivity contribution in [1.82, 2.24) is 9.97 Å². The average Bonchev–Trinajstić information content (AvgIpc) is 3.63. The average molecular weight is 517 g/mol. The number of carbonyl (C=O) groups is 1. The summed E-state index contributed by atoms with van der Waals surface area (Å²) in [5, 5.41) is 18.8. The standard InChI is InChI=1S/C27H27F3N2O5/c1-26(2,35)9-10-36-18-6-4-17(5-7-18)19-11-16(3-8-22(19)27(28,29)30)15-37-24-14-31-23(13-32-24)20-12-21(20)25(33)34/h3-8,11,13-14,20-21,35H,9-10,12,15H2,1-2H3,(H,33,34)/t20?,21-/m1/s1. The number of benzene rings is 2. The number of carboxylic acid groups (broad SMARTS) is 1. The largest absolute Gasteiger partial charge is 0.493 e. The quantitative estimate of drug-likeness (QED) is 0.369. The number of ether oxygens (including phenoxy) is 2. The van der Waals surface area contributed by atoms with Gasteiger partial charge in [-0.15, -0.1) is 0 Å². The fraction of sp³-hybridized carbons (Fsp3) is 0.370. The van der Waals surface area contributed by atoms with E-state index in [-0.39, 0.29) is 30.6 Å². The Balaban J connectivity index is 1.46. The van der Waals surface area contributed by atoms with E-state index in [1.165, 1.54) is 24.5 Å². The molecule has 0 amide bonds. The summed E-state index contributed by atoms with van der Waals surface area (Å²) >= 11 is 0. The molecular formula is C27H27F3N2O5. The highest BCUT2D eigenvalue weighted by atomic mass is 19.4.